The zero-order valence-corrected chi connectivity index (χ0v) is 20.0. The summed E-state index contributed by atoms with van der Waals surface area (Å²) in [5.41, 5.74) is 1.29. The summed E-state index contributed by atoms with van der Waals surface area (Å²) in [6.45, 7) is 3.46. The van der Waals surface area contributed by atoms with Crippen LogP contribution in [0.5, 0.6) is 0 Å². The molecule has 1 N–H and O–H groups in total. The van der Waals surface area contributed by atoms with Crippen LogP contribution >= 0.6 is 22.9 Å². The Hall–Kier alpha value is -3.15. The van der Waals surface area contributed by atoms with Crippen LogP contribution in [0.4, 0.5) is 0 Å². The summed E-state index contributed by atoms with van der Waals surface area (Å²) in [6.07, 6.45) is 4.71. The van der Waals surface area contributed by atoms with Gasteiger partial charge in [0.1, 0.15) is 15.6 Å². The van der Waals surface area contributed by atoms with Gasteiger partial charge in [0.2, 0.25) is 0 Å². The molecule has 9 nitrogen and oxygen atoms in total. The highest BCUT2D eigenvalue weighted by Crippen LogP contribution is 2.27. The van der Waals surface area contributed by atoms with E-state index in [0.29, 0.717) is 26.4 Å². The Balaban J connectivity index is 1.40. The molecule has 170 valence electrons. The molecule has 0 bridgehead atoms. The lowest BCUT2D eigenvalue weighted by Crippen LogP contribution is -2.22. The van der Waals surface area contributed by atoms with E-state index in [9.17, 15) is 13.2 Å². The molecule has 0 radical (unpaired) electrons. The van der Waals surface area contributed by atoms with Crippen LogP contribution < -0.4 is 5.32 Å². The Kier molecular flexibility index (Phi) is 6.54. The van der Waals surface area contributed by atoms with E-state index in [-0.39, 0.29) is 17.3 Å². The molecule has 0 fully saturated rings. The van der Waals surface area contributed by atoms with Gasteiger partial charge in [0.25, 0.3) is 5.91 Å². The quantitative estimate of drug-likeness (QED) is 0.410. The Morgan fingerprint density at radius 1 is 1.18 bits per heavy atom. The Morgan fingerprint density at radius 2 is 1.94 bits per heavy atom. The van der Waals surface area contributed by atoms with Crippen LogP contribution in [0.15, 0.2) is 59.9 Å². The van der Waals surface area contributed by atoms with Gasteiger partial charge >= 0.3 is 0 Å². The van der Waals surface area contributed by atoms with Gasteiger partial charge in [-0.3, -0.25) is 4.79 Å². The summed E-state index contributed by atoms with van der Waals surface area (Å²) in [6, 6.07) is 9.82. The standard InChI is InChI=1S/C21H19ClN6O3S2/c1-13(2)33(30,31)17-5-3-14(4-6-17)21-25-11-18(32-21)20(29)24-10-16-12-28(27-26-16)19-9-15(22)7-8-23-19/h3-9,11-13H,10H2,1-2H3,(H,24,29). The second-order valence-corrected chi connectivity index (χ2v) is 11.3. The summed E-state index contributed by atoms with van der Waals surface area (Å²) in [4.78, 5) is 21.7. The first kappa shape index (κ1) is 23.0. The maximum absolute atomic E-state index is 12.5. The molecule has 3 aromatic heterocycles. The van der Waals surface area contributed by atoms with Crippen molar-refractivity contribution in [1.82, 2.24) is 30.3 Å². The molecule has 0 saturated heterocycles. The number of benzene rings is 1. The third-order valence-electron chi connectivity index (χ3n) is 4.69. The first-order valence-electron chi connectivity index (χ1n) is 9.85. The predicted molar refractivity (Wildman–Crippen MR) is 125 cm³/mol. The maximum Gasteiger partial charge on any atom is 0.263 e. The molecule has 0 spiro atoms. The molecule has 0 aliphatic heterocycles. The SMILES string of the molecule is CC(C)S(=O)(=O)c1ccc(-c2ncc(C(=O)NCc3cn(-c4cc(Cl)ccn4)nn3)s2)cc1. The van der Waals surface area contributed by atoms with Crippen LogP contribution in [0, 0.1) is 0 Å². The van der Waals surface area contributed by atoms with Gasteiger partial charge in [-0.2, -0.15) is 0 Å². The monoisotopic (exact) mass is 502 g/mol. The predicted octanol–water partition coefficient (Wildman–Crippen LogP) is 3.55. The van der Waals surface area contributed by atoms with Gasteiger partial charge in [-0.25, -0.2) is 23.1 Å². The molecule has 4 rings (SSSR count). The van der Waals surface area contributed by atoms with Crippen molar-refractivity contribution in [3.8, 4) is 16.4 Å². The number of hydrogen-bond donors (Lipinski definition) is 1. The summed E-state index contributed by atoms with van der Waals surface area (Å²) in [7, 11) is -3.34. The summed E-state index contributed by atoms with van der Waals surface area (Å²) in [5, 5.41) is 11.5. The molecule has 0 atom stereocenters. The van der Waals surface area contributed by atoms with E-state index >= 15 is 0 Å². The lowest BCUT2D eigenvalue weighted by atomic mass is 10.2. The van der Waals surface area contributed by atoms with E-state index in [1.807, 2.05) is 0 Å². The number of nitrogens with zero attached hydrogens (tertiary/aromatic N) is 5. The molecule has 12 heteroatoms. The number of carbonyl (C=O) groups is 1. The van der Waals surface area contributed by atoms with Crippen molar-refractivity contribution in [2.45, 2.75) is 30.5 Å². The maximum atomic E-state index is 12.5. The Bertz CT molecular complexity index is 1400. The van der Waals surface area contributed by atoms with Crippen molar-refractivity contribution in [3.63, 3.8) is 0 Å². The number of aromatic nitrogens is 5. The minimum absolute atomic E-state index is 0.175. The van der Waals surface area contributed by atoms with Crippen molar-refractivity contribution >= 4 is 38.7 Å². The number of thiazole rings is 1. The number of amides is 1. The number of sulfone groups is 1. The van der Waals surface area contributed by atoms with Gasteiger partial charge in [-0.1, -0.05) is 28.9 Å². The molecular weight excluding hydrogens is 484 g/mol. The van der Waals surface area contributed by atoms with Gasteiger partial charge in [0.05, 0.1) is 29.1 Å². The molecule has 1 amide bonds. The second-order valence-electron chi connectivity index (χ2n) is 7.32. The van der Waals surface area contributed by atoms with E-state index in [1.54, 1.807) is 62.6 Å². The van der Waals surface area contributed by atoms with Gasteiger partial charge < -0.3 is 5.32 Å². The number of hydrogen-bond acceptors (Lipinski definition) is 8. The zero-order valence-electron chi connectivity index (χ0n) is 17.6. The van der Waals surface area contributed by atoms with E-state index in [1.165, 1.54) is 22.2 Å². The van der Waals surface area contributed by atoms with Crippen LogP contribution in [0.25, 0.3) is 16.4 Å². The highest BCUT2D eigenvalue weighted by molar-refractivity contribution is 7.92. The summed E-state index contributed by atoms with van der Waals surface area (Å²) < 4.78 is 26.0. The third-order valence-corrected chi connectivity index (χ3v) is 8.14. The van der Waals surface area contributed by atoms with Crippen molar-refractivity contribution in [1.29, 1.82) is 0 Å². The van der Waals surface area contributed by atoms with E-state index in [4.69, 9.17) is 11.6 Å². The highest BCUT2D eigenvalue weighted by atomic mass is 35.5. The number of nitrogens with one attached hydrogen (secondary N) is 1. The molecule has 0 aliphatic rings. The molecule has 33 heavy (non-hydrogen) atoms. The molecule has 0 aliphatic carbocycles. The number of rotatable bonds is 7. The molecule has 1 aromatic carbocycles. The lowest BCUT2D eigenvalue weighted by Gasteiger charge is -2.07. The van der Waals surface area contributed by atoms with Crippen molar-refractivity contribution in [2.24, 2.45) is 0 Å². The summed E-state index contributed by atoms with van der Waals surface area (Å²) in [5.74, 6) is 0.222. The van der Waals surface area contributed by atoms with Crippen LogP contribution in [-0.4, -0.2) is 44.5 Å². The Morgan fingerprint density at radius 3 is 2.64 bits per heavy atom. The fraction of sp³-hybridized carbons (Fsp3) is 0.190. The van der Waals surface area contributed by atoms with Crippen LogP contribution in [0.1, 0.15) is 29.2 Å². The number of carbonyl (C=O) groups excluding carboxylic acids is 1. The normalized spacial score (nSPS) is 11.6. The fourth-order valence-corrected chi connectivity index (χ4v) is 4.89. The van der Waals surface area contributed by atoms with E-state index in [2.05, 4.69) is 25.6 Å². The number of halogens is 1. The van der Waals surface area contributed by atoms with Gasteiger partial charge in [-0.05, 0) is 32.0 Å². The topological polar surface area (TPSA) is 120 Å². The van der Waals surface area contributed by atoms with Gasteiger partial charge in [0.15, 0.2) is 15.7 Å². The van der Waals surface area contributed by atoms with Crippen molar-refractivity contribution in [3.05, 3.63) is 70.6 Å². The molecular formula is C21H19ClN6O3S2. The van der Waals surface area contributed by atoms with Crippen molar-refractivity contribution < 1.29 is 13.2 Å². The van der Waals surface area contributed by atoms with Crippen LogP contribution in [0.3, 0.4) is 0 Å². The third kappa shape index (κ3) is 5.10. The molecule has 0 unspecified atom stereocenters. The van der Waals surface area contributed by atoms with Gasteiger partial charge in [-0.15, -0.1) is 16.4 Å². The van der Waals surface area contributed by atoms with Gasteiger partial charge in [0, 0.05) is 22.8 Å². The largest absolute Gasteiger partial charge is 0.346 e. The van der Waals surface area contributed by atoms with Crippen LogP contribution in [-0.2, 0) is 16.4 Å². The van der Waals surface area contributed by atoms with E-state index in [0.717, 1.165) is 5.56 Å². The average Bonchev–Trinajstić information content (AvgIpc) is 3.48. The van der Waals surface area contributed by atoms with Crippen LogP contribution in [0.2, 0.25) is 5.02 Å². The number of pyridine rings is 1. The Labute approximate surface area is 199 Å². The fourth-order valence-electron chi connectivity index (χ4n) is 2.84. The minimum atomic E-state index is -3.34. The lowest BCUT2D eigenvalue weighted by molar-refractivity contribution is 0.0954. The highest BCUT2D eigenvalue weighted by Gasteiger charge is 2.19. The van der Waals surface area contributed by atoms with Crippen molar-refractivity contribution in [2.75, 3.05) is 0 Å². The average molecular weight is 503 g/mol. The molecule has 3 heterocycles. The summed E-state index contributed by atoms with van der Waals surface area (Å²) >= 11 is 7.18. The first-order valence-corrected chi connectivity index (χ1v) is 12.6. The van der Waals surface area contributed by atoms with E-state index < -0.39 is 15.1 Å². The molecule has 4 aromatic rings. The second kappa shape index (κ2) is 9.38. The smallest absolute Gasteiger partial charge is 0.263 e. The first-order chi connectivity index (χ1) is 15.7. The minimum Gasteiger partial charge on any atom is -0.346 e. The molecule has 0 saturated carbocycles. The zero-order chi connectivity index (χ0) is 23.6.